The molecule has 1 heteroatoms. The lowest BCUT2D eigenvalue weighted by atomic mass is 10.0. The second-order valence-electron chi connectivity index (χ2n) is 5.70. The zero-order valence-corrected chi connectivity index (χ0v) is 12.3. The fourth-order valence-corrected chi connectivity index (χ4v) is 2.95. The Balaban J connectivity index is 1.76. The van der Waals surface area contributed by atoms with E-state index >= 15 is 0 Å². The van der Waals surface area contributed by atoms with Crippen molar-refractivity contribution in [1.82, 2.24) is 0 Å². The van der Waals surface area contributed by atoms with E-state index in [9.17, 15) is 0 Å². The molecular formula is C18H27N. The summed E-state index contributed by atoms with van der Waals surface area (Å²) in [5.41, 5.74) is 11.2. The largest absolute Gasteiger partial charge is 0.399 e. The molecule has 19 heavy (non-hydrogen) atoms. The first-order valence-corrected chi connectivity index (χ1v) is 7.89. The molecule has 1 aromatic carbocycles. The number of nitrogen functional groups attached to an aromatic ring is 1. The van der Waals surface area contributed by atoms with Gasteiger partial charge in [-0.3, -0.25) is 0 Å². The van der Waals surface area contributed by atoms with Gasteiger partial charge in [0.2, 0.25) is 0 Å². The van der Waals surface area contributed by atoms with Crippen LogP contribution in [0.4, 0.5) is 5.69 Å². The molecule has 0 aromatic heterocycles. The van der Waals surface area contributed by atoms with Crippen LogP contribution in [0.15, 0.2) is 24.3 Å². The zero-order chi connectivity index (χ0) is 13.5. The number of benzene rings is 1. The summed E-state index contributed by atoms with van der Waals surface area (Å²) in [5, 5.41) is 0. The average molecular weight is 257 g/mol. The highest BCUT2D eigenvalue weighted by molar-refractivity contribution is 5.74. The van der Waals surface area contributed by atoms with Crippen molar-refractivity contribution in [2.75, 3.05) is 5.73 Å². The molecule has 0 bridgehead atoms. The minimum Gasteiger partial charge on any atom is -0.399 e. The Kier molecular flexibility index (Phi) is 5.50. The van der Waals surface area contributed by atoms with Gasteiger partial charge in [0.05, 0.1) is 0 Å². The van der Waals surface area contributed by atoms with Crippen molar-refractivity contribution in [3.8, 4) is 0 Å². The monoisotopic (exact) mass is 257 g/mol. The Bertz CT molecular complexity index is 431. The van der Waals surface area contributed by atoms with Gasteiger partial charge in [-0.2, -0.15) is 0 Å². The molecule has 0 unspecified atom stereocenters. The number of anilines is 1. The van der Waals surface area contributed by atoms with Crippen molar-refractivity contribution < 1.29 is 0 Å². The molecule has 104 valence electrons. The van der Waals surface area contributed by atoms with Crippen molar-refractivity contribution in [1.29, 1.82) is 0 Å². The number of nitrogens with two attached hydrogens (primary N) is 1. The molecule has 0 aliphatic heterocycles. The van der Waals surface area contributed by atoms with Crippen molar-refractivity contribution in [3.05, 3.63) is 35.4 Å². The standard InChI is InChI=1S/C18H27N/c1-2-3-4-5-6-7-8-9-15-10-11-16-14-17(19)12-13-18(15)16/h9,12-14H,2-8,10-11,19H2,1H3. The van der Waals surface area contributed by atoms with Crippen LogP contribution in [-0.2, 0) is 6.42 Å². The first-order valence-electron chi connectivity index (χ1n) is 7.89. The van der Waals surface area contributed by atoms with Crippen LogP contribution in [0, 0.1) is 0 Å². The lowest BCUT2D eigenvalue weighted by molar-refractivity contribution is 0.611. The molecule has 0 radical (unpaired) electrons. The van der Waals surface area contributed by atoms with Crippen molar-refractivity contribution in [2.24, 2.45) is 0 Å². The molecule has 0 fully saturated rings. The van der Waals surface area contributed by atoms with E-state index in [1.54, 1.807) is 5.57 Å². The van der Waals surface area contributed by atoms with Crippen LogP contribution in [0.25, 0.3) is 5.57 Å². The molecule has 1 aliphatic rings. The van der Waals surface area contributed by atoms with E-state index in [0.29, 0.717) is 0 Å². The van der Waals surface area contributed by atoms with Gasteiger partial charge in [-0.1, -0.05) is 51.2 Å². The van der Waals surface area contributed by atoms with Crippen molar-refractivity contribution in [2.45, 2.75) is 64.7 Å². The number of allylic oxidation sites excluding steroid dienone is 2. The van der Waals surface area contributed by atoms with E-state index in [0.717, 1.165) is 5.69 Å². The van der Waals surface area contributed by atoms with Crippen LogP contribution in [0.1, 0.15) is 69.4 Å². The third-order valence-corrected chi connectivity index (χ3v) is 4.09. The highest BCUT2D eigenvalue weighted by Crippen LogP contribution is 2.33. The molecular weight excluding hydrogens is 230 g/mol. The van der Waals surface area contributed by atoms with Gasteiger partial charge in [0.15, 0.2) is 0 Å². The normalized spacial score (nSPS) is 15.9. The van der Waals surface area contributed by atoms with E-state index in [2.05, 4.69) is 25.1 Å². The van der Waals surface area contributed by atoms with Gasteiger partial charge in [0.25, 0.3) is 0 Å². The van der Waals surface area contributed by atoms with E-state index in [-0.39, 0.29) is 0 Å². The first-order chi connectivity index (χ1) is 9.31. The Morgan fingerprint density at radius 2 is 1.84 bits per heavy atom. The number of hydrogen-bond donors (Lipinski definition) is 1. The predicted octanol–water partition coefficient (Wildman–Crippen LogP) is 5.35. The van der Waals surface area contributed by atoms with Crippen LogP contribution in [-0.4, -0.2) is 0 Å². The molecule has 0 saturated carbocycles. The summed E-state index contributed by atoms with van der Waals surface area (Å²) >= 11 is 0. The van der Waals surface area contributed by atoms with Gasteiger partial charge in [-0.15, -0.1) is 0 Å². The molecule has 1 nitrogen and oxygen atoms in total. The number of aryl methyl sites for hydroxylation is 1. The van der Waals surface area contributed by atoms with Crippen LogP contribution >= 0.6 is 0 Å². The van der Waals surface area contributed by atoms with E-state index in [1.807, 2.05) is 6.07 Å². The van der Waals surface area contributed by atoms with Crippen molar-refractivity contribution >= 4 is 11.3 Å². The molecule has 0 amide bonds. The van der Waals surface area contributed by atoms with Crippen LogP contribution in [0.2, 0.25) is 0 Å². The summed E-state index contributed by atoms with van der Waals surface area (Å²) in [6.45, 7) is 2.27. The van der Waals surface area contributed by atoms with Gasteiger partial charge in [-0.25, -0.2) is 0 Å². The molecule has 2 rings (SSSR count). The highest BCUT2D eigenvalue weighted by atomic mass is 14.5. The van der Waals surface area contributed by atoms with Gasteiger partial charge in [0, 0.05) is 5.69 Å². The Hall–Kier alpha value is -1.24. The lowest BCUT2D eigenvalue weighted by Gasteiger charge is -2.03. The van der Waals surface area contributed by atoms with E-state index in [1.165, 1.54) is 68.9 Å². The fourth-order valence-electron chi connectivity index (χ4n) is 2.95. The maximum atomic E-state index is 5.84. The van der Waals surface area contributed by atoms with Gasteiger partial charge >= 0.3 is 0 Å². The maximum Gasteiger partial charge on any atom is 0.0317 e. The van der Waals surface area contributed by atoms with Crippen LogP contribution in [0.5, 0.6) is 0 Å². The molecule has 2 N–H and O–H groups in total. The Morgan fingerprint density at radius 3 is 2.68 bits per heavy atom. The predicted molar refractivity (Wildman–Crippen MR) is 85.1 cm³/mol. The van der Waals surface area contributed by atoms with Gasteiger partial charge < -0.3 is 5.73 Å². The second kappa shape index (κ2) is 7.37. The molecule has 0 saturated heterocycles. The van der Waals surface area contributed by atoms with E-state index < -0.39 is 0 Å². The SMILES string of the molecule is CCCCCCCCC=C1CCc2cc(N)ccc21. The molecule has 0 heterocycles. The van der Waals surface area contributed by atoms with Crippen LogP contribution < -0.4 is 5.73 Å². The average Bonchev–Trinajstić information content (AvgIpc) is 2.80. The lowest BCUT2D eigenvalue weighted by Crippen LogP contribution is -1.87. The second-order valence-corrected chi connectivity index (χ2v) is 5.70. The maximum absolute atomic E-state index is 5.84. The number of rotatable bonds is 7. The molecule has 1 aliphatic carbocycles. The highest BCUT2D eigenvalue weighted by Gasteiger charge is 2.15. The van der Waals surface area contributed by atoms with Crippen LogP contribution in [0.3, 0.4) is 0 Å². The molecule has 1 aromatic rings. The van der Waals surface area contributed by atoms with Gasteiger partial charge in [0.1, 0.15) is 0 Å². The third kappa shape index (κ3) is 4.12. The topological polar surface area (TPSA) is 26.0 Å². The Morgan fingerprint density at radius 1 is 1.05 bits per heavy atom. The summed E-state index contributed by atoms with van der Waals surface area (Å²) in [6, 6.07) is 6.37. The summed E-state index contributed by atoms with van der Waals surface area (Å²) < 4.78 is 0. The summed E-state index contributed by atoms with van der Waals surface area (Å²) in [6.07, 6.45) is 14.4. The summed E-state index contributed by atoms with van der Waals surface area (Å²) in [7, 11) is 0. The molecule has 0 atom stereocenters. The fraction of sp³-hybridized carbons (Fsp3) is 0.556. The minimum absolute atomic E-state index is 0.899. The number of hydrogen-bond acceptors (Lipinski definition) is 1. The zero-order valence-electron chi connectivity index (χ0n) is 12.3. The Labute approximate surface area is 117 Å². The van der Waals surface area contributed by atoms with E-state index in [4.69, 9.17) is 5.73 Å². The number of unbranched alkanes of at least 4 members (excludes halogenated alkanes) is 6. The molecule has 0 spiro atoms. The smallest absolute Gasteiger partial charge is 0.0317 e. The third-order valence-electron chi connectivity index (χ3n) is 4.09. The van der Waals surface area contributed by atoms with Gasteiger partial charge in [-0.05, 0) is 54.5 Å². The quantitative estimate of drug-likeness (QED) is 0.517. The van der Waals surface area contributed by atoms with Crippen molar-refractivity contribution in [3.63, 3.8) is 0 Å². The number of fused-ring (bicyclic) bond motifs is 1. The summed E-state index contributed by atoms with van der Waals surface area (Å²) in [4.78, 5) is 0. The minimum atomic E-state index is 0.899. The first kappa shape index (κ1) is 14.2. The summed E-state index contributed by atoms with van der Waals surface area (Å²) in [5.74, 6) is 0.